The highest BCUT2D eigenvalue weighted by atomic mass is 16.1. The summed E-state index contributed by atoms with van der Waals surface area (Å²) < 4.78 is 0. The molecule has 2 heteroatoms. The fraction of sp³-hybridized carbons (Fsp3) is 0.889. The molecule has 0 saturated carbocycles. The van der Waals surface area contributed by atoms with Crippen molar-refractivity contribution >= 4 is 5.91 Å². The first-order valence-corrected chi connectivity index (χ1v) is 4.49. The largest absolute Gasteiger partial charge is 0.356 e. The van der Waals surface area contributed by atoms with Gasteiger partial charge in [0.15, 0.2) is 0 Å². The molecule has 2 nitrogen and oxygen atoms in total. The summed E-state index contributed by atoms with van der Waals surface area (Å²) >= 11 is 0. The average molecular weight is 155 g/mol. The van der Waals surface area contributed by atoms with Gasteiger partial charge in [-0.1, -0.05) is 20.3 Å². The molecule has 64 valence electrons. The van der Waals surface area contributed by atoms with Crippen molar-refractivity contribution < 1.29 is 4.79 Å². The highest BCUT2D eigenvalue weighted by Gasteiger charge is 2.22. The maximum atomic E-state index is 11.3. The summed E-state index contributed by atoms with van der Waals surface area (Å²) in [4.78, 5) is 11.3. The van der Waals surface area contributed by atoms with E-state index < -0.39 is 0 Å². The molecule has 1 aliphatic heterocycles. The molecule has 11 heavy (non-hydrogen) atoms. The Morgan fingerprint density at radius 1 is 1.45 bits per heavy atom. The van der Waals surface area contributed by atoms with E-state index in [2.05, 4.69) is 19.2 Å². The van der Waals surface area contributed by atoms with Crippen LogP contribution in [0.4, 0.5) is 0 Å². The Balaban J connectivity index is 2.52. The molecule has 0 aromatic rings. The minimum atomic E-state index is 0.262. The second-order valence-corrected chi connectivity index (χ2v) is 3.64. The van der Waals surface area contributed by atoms with Crippen molar-refractivity contribution in [3.8, 4) is 0 Å². The van der Waals surface area contributed by atoms with Gasteiger partial charge >= 0.3 is 0 Å². The van der Waals surface area contributed by atoms with Crippen molar-refractivity contribution in [3.05, 3.63) is 0 Å². The highest BCUT2D eigenvalue weighted by molar-refractivity contribution is 5.79. The van der Waals surface area contributed by atoms with E-state index in [9.17, 15) is 4.79 Å². The number of carbonyl (C=O) groups is 1. The van der Waals surface area contributed by atoms with Gasteiger partial charge in [0.1, 0.15) is 0 Å². The molecule has 1 N–H and O–H groups in total. The molecular weight excluding hydrogens is 138 g/mol. The van der Waals surface area contributed by atoms with Gasteiger partial charge in [-0.2, -0.15) is 0 Å². The number of hydrogen-bond acceptors (Lipinski definition) is 1. The van der Waals surface area contributed by atoms with Crippen LogP contribution in [-0.2, 0) is 4.79 Å². The highest BCUT2D eigenvalue weighted by Crippen LogP contribution is 2.20. The number of rotatable bonds is 1. The predicted molar refractivity (Wildman–Crippen MR) is 45.2 cm³/mol. The van der Waals surface area contributed by atoms with E-state index in [1.807, 2.05) is 0 Å². The Hall–Kier alpha value is -0.530. The van der Waals surface area contributed by atoms with E-state index in [0.29, 0.717) is 5.92 Å². The molecule has 0 unspecified atom stereocenters. The number of amides is 1. The second kappa shape index (κ2) is 3.74. The average Bonchev–Trinajstić information content (AvgIpc) is 2.13. The van der Waals surface area contributed by atoms with Crippen LogP contribution in [0.3, 0.4) is 0 Å². The lowest BCUT2D eigenvalue weighted by atomic mass is 9.91. The third kappa shape index (κ3) is 2.21. The Morgan fingerprint density at radius 3 is 2.82 bits per heavy atom. The van der Waals surface area contributed by atoms with E-state index in [-0.39, 0.29) is 11.8 Å². The third-order valence-corrected chi connectivity index (χ3v) is 2.38. The summed E-state index contributed by atoms with van der Waals surface area (Å²) in [7, 11) is 0. The fourth-order valence-corrected chi connectivity index (χ4v) is 1.60. The van der Waals surface area contributed by atoms with Gasteiger partial charge in [0, 0.05) is 12.5 Å². The van der Waals surface area contributed by atoms with Crippen LogP contribution in [0.25, 0.3) is 0 Å². The molecule has 0 aliphatic carbocycles. The van der Waals surface area contributed by atoms with Gasteiger partial charge in [-0.15, -0.1) is 0 Å². The van der Waals surface area contributed by atoms with Gasteiger partial charge in [-0.05, 0) is 18.8 Å². The predicted octanol–water partition coefficient (Wildman–Crippen LogP) is 1.56. The molecule has 0 aromatic heterocycles. The Labute approximate surface area is 68.4 Å². The van der Waals surface area contributed by atoms with Crippen molar-refractivity contribution in [3.63, 3.8) is 0 Å². The minimum absolute atomic E-state index is 0.262. The zero-order chi connectivity index (χ0) is 8.27. The van der Waals surface area contributed by atoms with Gasteiger partial charge in [0.05, 0.1) is 0 Å². The van der Waals surface area contributed by atoms with Crippen molar-refractivity contribution in [1.82, 2.24) is 5.32 Å². The van der Waals surface area contributed by atoms with Crippen molar-refractivity contribution in [2.45, 2.75) is 33.1 Å². The molecule has 0 radical (unpaired) electrons. The van der Waals surface area contributed by atoms with E-state index in [1.54, 1.807) is 0 Å². The second-order valence-electron chi connectivity index (χ2n) is 3.64. The summed E-state index contributed by atoms with van der Waals surface area (Å²) in [6.45, 7) is 5.12. The molecule has 1 atom stereocenters. The van der Waals surface area contributed by atoms with Crippen LogP contribution in [0.1, 0.15) is 33.1 Å². The summed E-state index contributed by atoms with van der Waals surface area (Å²) in [6.07, 6.45) is 3.42. The Bertz CT molecular complexity index is 142. The molecule has 0 spiro atoms. The number of hydrogen-bond donors (Lipinski definition) is 1. The molecule has 1 saturated heterocycles. The van der Waals surface area contributed by atoms with E-state index >= 15 is 0 Å². The van der Waals surface area contributed by atoms with Crippen molar-refractivity contribution in [2.75, 3.05) is 6.54 Å². The van der Waals surface area contributed by atoms with Crippen LogP contribution >= 0.6 is 0 Å². The zero-order valence-corrected chi connectivity index (χ0v) is 7.39. The van der Waals surface area contributed by atoms with Gasteiger partial charge in [-0.3, -0.25) is 4.79 Å². The molecule has 1 rings (SSSR count). The summed E-state index contributed by atoms with van der Waals surface area (Å²) in [5.74, 6) is 1.02. The third-order valence-electron chi connectivity index (χ3n) is 2.38. The SMILES string of the molecule is CC(C)[C@H]1CCCCNC1=O. The van der Waals surface area contributed by atoms with Gasteiger partial charge < -0.3 is 5.32 Å². The van der Waals surface area contributed by atoms with Crippen molar-refractivity contribution in [2.24, 2.45) is 11.8 Å². The standard InChI is InChI=1S/C9H17NO/c1-7(2)8-5-3-4-6-10-9(8)11/h7-8H,3-6H2,1-2H3,(H,10,11)/t8-/m1/s1. The van der Waals surface area contributed by atoms with E-state index in [0.717, 1.165) is 19.4 Å². The summed E-state index contributed by atoms with van der Waals surface area (Å²) in [5, 5.41) is 2.94. The molecule has 1 aliphatic rings. The first-order valence-electron chi connectivity index (χ1n) is 4.49. The van der Waals surface area contributed by atoms with Crippen LogP contribution < -0.4 is 5.32 Å². The molecule has 1 heterocycles. The molecule has 1 amide bonds. The maximum Gasteiger partial charge on any atom is 0.223 e. The van der Waals surface area contributed by atoms with Crippen LogP contribution in [0.15, 0.2) is 0 Å². The lowest BCUT2D eigenvalue weighted by molar-refractivity contribution is -0.125. The normalized spacial score (nSPS) is 26.5. The Morgan fingerprint density at radius 2 is 2.18 bits per heavy atom. The summed E-state index contributed by atoms with van der Waals surface area (Å²) in [6, 6.07) is 0. The van der Waals surface area contributed by atoms with Crippen LogP contribution in [0.5, 0.6) is 0 Å². The van der Waals surface area contributed by atoms with Crippen LogP contribution in [0.2, 0.25) is 0 Å². The monoisotopic (exact) mass is 155 g/mol. The smallest absolute Gasteiger partial charge is 0.223 e. The lowest BCUT2D eigenvalue weighted by Gasteiger charge is -2.16. The fourth-order valence-electron chi connectivity index (χ4n) is 1.60. The van der Waals surface area contributed by atoms with E-state index in [4.69, 9.17) is 0 Å². The number of carbonyl (C=O) groups excluding carboxylic acids is 1. The maximum absolute atomic E-state index is 11.3. The van der Waals surface area contributed by atoms with Crippen LogP contribution in [-0.4, -0.2) is 12.5 Å². The first-order chi connectivity index (χ1) is 5.22. The topological polar surface area (TPSA) is 29.1 Å². The number of nitrogens with one attached hydrogen (secondary N) is 1. The molecule has 0 bridgehead atoms. The van der Waals surface area contributed by atoms with Gasteiger partial charge in [-0.25, -0.2) is 0 Å². The Kier molecular flexibility index (Phi) is 2.92. The molecule has 1 fully saturated rings. The summed E-state index contributed by atoms with van der Waals surface area (Å²) in [5.41, 5.74) is 0. The molecular formula is C9H17NO. The van der Waals surface area contributed by atoms with Crippen molar-refractivity contribution in [1.29, 1.82) is 0 Å². The van der Waals surface area contributed by atoms with Gasteiger partial charge in [0.25, 0.3) is 0 Å². The first kappa shape index (κ1) is 8.57. The van der Waals surface area contributed by atoms with Crippen LogP contribution in [0, 0.1) is 11.8 Å². The lowest BCUT2D eigenvalue weighted by Crippen LogP contribution is -2.31. The van der Waals surface area contributed by atoms with E-state index in [1.165, 1.54) is 6.42 Å². The van der Waals surface area contributed by atoms with Gasteiger partial charge in [0.2, 0.25) is 5.91 Å². The minimum Gasteiger partial charge on any atom is -0.356 e. The quantitative estimate of drug-likeness (QED) is 0.611. The molecule has 0 aromatic carbocycles. The zero-order valence-electron chi connectivity index (χ0n) is 7.39.